The van der Waals surface area contributed by atoms with Crippen LogP contribution in [-0.2, 0) is 13.0 Å². The number of benzene rings is 1. The molecule has 0 fully saturated rings. The molecule has 1 aromatic carbocycles. The molecule has 0 bridgehead atoms. The zero-order valence-electron chi connectivity index (χ0n) is 17.4. The zero-order valence-corrected chi connectivity index (χ0v) is 17.4. The molecule has 1 aliphatic rings. The molecule has 0 radical (unpaired) electrons. The molecule has 28 heavy (non-hydrogen) atoms. The Hall–Kier alpha value is -2.82. The Kier molecular flexibility index (Phi) is 5.73. The zero-order chi connectivity index (χ0) is 20.4. The van der Waals surface area contributed by atoms with Crippen LogP contribution >= 0.6 is 0 Å². The van der Waals surface area contributed by atoms with Crippen LogP contribution in [0.3, 0.4) is 0 Å². The van der Waals surface area contributed by atoms with E-state index in [2.05, 4.69) is 11.4 Å². The summed E-state index contributed by atoms with van der Waals surface area (Å²) in [6.07, 6.45) is 3.36. The molecule has 0 unspecified atom stereocenters. The van der Waals surface area contributed by atoms with Crippen molar-refractivity contribution >= 4 is 11.7 Å². The third-order valence-electron chi connectivity index (χ3n) is 4.84. The fourth-order valence-corrected chi connectivity index (χ4v) is 3.72. The number of Topliss-reactive ketones (excluding diaryl/α,β-unsaturated/α-hetero) is 1. The first kappa shape index (κ1) is 19.9. The molecule has 0 aliphatic heterocycles. The highest BCUT2D eigenvalue weighted by atomic mass is 16.2. The summed E-state index contributed by atoms with van der Waals surface area (Å²) in [5.41, 5.74) is 5.19. The van der Waals surface area contributed by atoms with E-state index in [0.717, 1.165) is 28.7 Å². The van der Waals surface area contributed by atoms with E-state index >= 15 is 0 Å². The van der Waals surface area contributed by atoms with E-state index in [0.29, 0.717) is 24.4 Å². The smallest absolute Gasteiger partial charge is 0.268 e. The van der Waals surface area contributed by atoms with E-state index in [1.165, 1.54) is 0 Å². The fraction of sp³-hybridized carbons (Fsp3) is 0.391. The van der Waals surface area contributed by atoms with Gasteiger partial charge in [0.2, 0.25) is 5.78 Å². The van der Waals surface area contributed by atoms with Crippen LogP contribution in [-0.4, -0.2) is 41.3 Å². The average Bonchev–Trinajstić information content (AvgIpc) is 2.96. The van der Waals surface area contributed by atoms with Gasteiger partial charge in [0.15, 0.2) is 0 Å². The number of ketones is 1. The molecule has 1 heterocycles. The second-order valence-corrected chi connectivity index (χ2v) is 8.05. The van der Waals surface area contributed by atoms with Crippen molar-refractivity contribution in [2.45, 2.75) is 46.2 Å². The van der Waals surface area contributed by atoms with Crippen LogP contribution in [0.4, 0.5) is 0 Å². The SMILES string of the molecule is Cc1cccc(Cn2c(C(=O)NC(C)C)cc3c2C(=O)C(=CN(C)C)CC3)c1. The van der Waals surface area contributed by atoms with Gasteiger partial charge in [0.05, 0.1) is 5.69 Å². The summed E-state index contributed by atoms with van der Waals surface area (Å²) in [5, 5.41) is 2.97. The van der Waals surface area contributed by atoms with Crippen LogP contribution in [0.5, 0.6) is 0 Å². The second kappa shape index (κ2) is 8.05. The van der Waals surface area contributed by atoms with Crippen LogP contribution in [0, 0.1) is 6.92 Å². The molecule has 5 nitrogen and oxygen atoms in total. The van der Waals surface area contributed by atoms with E-state index in [9.17, 15) is 9.59 Å². The molecule has 2 aromatic rings. The largest absolute Gasteiger partial charge is 0.383 e. The Bertz CT molecular complexity index is 935. The molecule has 1 aliphatic carbocycles. The van der Waals surface area contributed by atoms with Gasteiger partial charge in [-0.05, 0) is 50.8 Å². The summed E-state index contributed by atoms with van der Waals surface area (Å²) in [6, 6.07) is 10.1. The minimum atomic E-state index is -0.136. The number of nitrogens with zero attached hydrogens (tertiary/aromatic N) is 2. The quantitative estimate of drug-likeness (QED) is 0.808. The molecule has 0 spiro atoms. The van der Waals surface area contributed by atoms with Gasteiger partial charge in [-0.15, -0.1) is 0 Å². The maximum absolute atomic E-state index is 13.2. The number of amides is 1. The van der Waals surface area contributed by atoms with Crippen molar-refractivity contribution in [1.29, 1.82) is 0 Å². The number of hydrogen-bond acceptors (Lipinski definition) is 3. The molecule has 1 amide bonds. The number of carbonyl (C=O) groups excluding carboxylic acids is 2. The Morgan fingerprint density at radius 1 is 1.25 bits per heavy atom. The van der Waals surface area contributed by atoms with Crippen molar-refractivity contribution in [2.24, 2.45) is 0 Å². The summed E-state index contributed by atoms with van der Waals surface area (Å²) < 4.78 is 1.90. The van der Waals surface area contributed by atoms with Crippen molar-refractivity contribution in [2.75, 3.05) is 14.1 Å². The van der Waals surface area contributed by atoms with Gasteiger partial charge in [-0.25, -0.2) is 0 Å². The summed E-state index contributed by atoms with van der Waals surface area (Å²) in [5.74, 6) is -0.116. The lowest BCUT2D eigenvalue weighted by atomic mass is 9.92. The average molecular weight is 380 g/mol. The minimum absolute atomic E-state index is 0.0196. The number of aryl methyl sites for hydroxylation is 2. The maximum Gasteiger partial charge on any atom is 0.268 e. The molecule has 1 N–H and O–H groups in total. The summed E-state index contributed by atoms with van der Waals surface area (Å²) >= 11 is 0. The number of carbonyl (C=O) groups is 2. The lowest BCUT2D eigenvalue weighted by Crippen LogP contribution is -2.32. The highest BCUT2D eigenvalue weighted by molar-refractivity contribution is 6.11. The number of hydrogen-bond donors (Lipinski definition) is 1. The molecule has 5 heteroatoms. The highest BCUT2D eigenvalue weighted by Crippen LogP contribution is 2.29. The van der Waals surface area contributed by atoms with Gasteiger partial charge in [-0.3, -0.25) is 9.59 Å². The van der Waals surface area contributed by atoms with Gasteiger partial charge in [0.25, 0.3) is 5.91 Å². The predicted octanol–water partition coefficient (Wildman–Crippen LogP) is 3.56. The normalized spacial score (nSPS) is 15.1. The predicted molar refractivity (Wildman–Crippen MR) is 112 cm³/mol. The summed E-state index contributed by atoms with van der Waals surface area (Å²) in [7, 11) is 3.84. The number of allylic oxidation sites excluding steroid dienone is 1. The lowest BCUT2D eigenvalue weighted by molar-refractivity contribution is 0.0934. The Morgan fingerprint density at radius 2 is 2.00 bits per heavy atom. The van der Waals surface area contributed by atoms with Crippen molar-refractivity contribution < 1.29 is 9.59 Å². The second-order valence-electron chi connectivity index (χ2n) is 8.05. The number of fused-ring (bicyclic) bond motifs is 1. The minimum Gasteiger partial charge on any atom is -0.383 e. The monoisotopic (exact) mass is 379 g/mol. The highest BCUT2D eigenvalue weighted by Gasteiger charge is 2.30. The molecular weight excluding hydrogens is 350 g/mol. The molecule has 1 aromatic heterocycles. The molecule has 148 valence electrons. The van der Waals surface area contributed by atoms with Gasteiger partial charge in [-0.2, -0.15) is 0 Å². The van der Waals surface area contributed by atoms with Gasteiger partial charge >= 0.3 is 0 Å². The molecular formula is C23H29N3O2. The van der Waals surface area contributed by atoms with Crippen LogP contribution in [0.25, 0.3) is 0 Å². The van der Waals surface area contributed by atoms with Crippen molar-refractivity contribution in [3.63, 3.8) is 0 Å². The van der Waals surface area contributed by atoms with Crippen molar-refractivity contribution in [3.05, 3.63) is 70.2 Å². The van der Waals surface area contributed by atoms with Gasteiger partial charge < -0.3 is 14.8 Å². The van der Waals surface area contributed by atoms with Gasteiger partial charge in [0.1, 0.15) is 5.69 Å². The van der Waals surface area contributed by atoms with E-state index in [1.807, 2.05) is 74.8 Å². The number of aromatic nitrogens is 1. The molecule has 0 saturated carbocycles. The first-order chi connectivity index (χ1) is 13.3. The summed E-state index contributed by atoms with van der Waals surface area (Å²) in [4.78, 5) is 28.0. The molecule has 0 atom stereocenters. The van der Waals surface area contributed by atoms with E-state index in [-0.39, 0.29) is 17.7 Å². The molecule has 0 saturated heterocycles. The molecule has 3 rings (SSSR count). The fourth-order valence-electron chi connectivity index (χ4n) is 3.72. The standard InChI is InChI=1S/C23H29N3O2/c1-15(2)24-23(28)20-12-18-9-10-19(14-25(4)5)22(27)21(18)26(20)13-17-8-6-7-16(3)11-17/h6-8,11-12,14-15H,9-10,13H2,1-5H3,(H,24,28). The first-order valence-electron chi connectivity index (χ1n) is 9.77. The Morgan fingerprint density at radius 3 is 2.64 bits per heavy atom. The Labute approximate surface area is 167 Å². The van der Waals surface area contributed by atoms with E-state index in [1.54, 1.807) is 0 Å². The Balaban J connectivity index is 2.10. The van der Waals surface area contributed by atoms with Gasteiger partial charge in [-0.1, -0.05) is 29.8 Å². The summed E-state index contributed by atoms with van der Waals surface area (Å²) in [6.45, 7) is 6.42. The maximum atomic E-state index is 13.2. The van der Waals surface area contributed by atoms with Crippen LogP contribution in [0.1, 0.15) is 57.9 Å². The third-order valence-corrected chi connectivity index (χ3v) is 4.84. The topological polar surface area (TPSA) is 54.3 Å². The van der Waals surface area contributed by atoms with Crippen LogP contribution < -0.4 is 5.32 Å². The van der Waals surface area contributed by atoms with Crippen molar-refractivity contribution in [3.8, 4) is 0 Å². The van der Waals surface area contributed by atoms with Gasteiger partial charge in [0, 0.05) is 38.5 Å². The van der Waals surface area contributed by atoms with Crippen molar-refractivity contribution in [1.82, 2.24) is 14.8 Å². The van der Waals surface area contributed by atoms with Crippen LogP contribution in [0.15, 0.2) is 42.1 Å². The van der Waals surface area contributed by atoms with E-state index in [4.69, 9.17) is 0 Å². The first-order valence-corrected chi connectivity index (χ1v) is 9.77. The lowest BCUT2D eigenvalue weighted by Gasteiger charge is -2.20. The number of nitrogens with one attached hydrogen (secondary N) is 1. The van der Waals surface area contributed by atoms with E-state index < -0.39 is 0 Å². The number of rotatable bonds is 5. The van der Waals surface area contributed by atoms with Crippen LogP contribution in [0.2, 0.25) is 0 Å². The third kappa shape index (κ3) is 4.19.